The summed E-state index contributed by atoms with van der Waals surface area (Å²) < 4.78 is 12.8. The van der Waals surface area contributed by atoms with E-state index in [1.807, 2.05) is 0 Å². The molecule has 0 spiro atoms. The third kappa shape index (κ3) is 3.41. The quantitative estimate of drug-likeness (QED) is 0.766. The maximum Gasteiger partial charge on any atom is 0.337 e. The highest BCUT2D eigenvalue weighted by Crippen LogP contribution is 2.17. The number of aliphatic hydroxyl groups is 1. The summed E-state index contributed by atoms with van der Waals surface area (Å²) >= 11 is 5.66. The average Bonchev–Trinajstić information content (AvgIpc) is 2.25. The molecule has 0 bridgehead atoms. The zero-order valence-electron chi connectivity index (χ0n) is 9.41. The fourth-order valence-electron chi connectivity index (χ4n) is 1.10. The number of carboxylic acid groups (broad SMARTS) is 1. The third-order valence-electron chi connectivity index (χ3n) is 2.23. The molecule has 1 aromatic carbocycles. The number of amides is 1. The van der Waals surface area contributed by atoms with Crippen molar-refractivity contribution in [3.63, 3.8) is 0 Å². The van der Waals surface area contributed by atoms with E-state index >= 15 is 0 Å². The maximum atomic E-state index is 12.8. The van der Waals surface area contributed by atoms with Gasteiger partial charge in [-0.25, -0.2) is 9.18 Å². The van der Waals surface area contributed by atoms with E-state index < -0.39 is 29.8 Å². The lowest BCUT2D eigenvalue weighted by atomic mass is 10.1. The van der Waals surface area contributed by atoms with Crippen molar-refractivity contribution < 1.29 is 24.2 Å². The lowest BCUT2D eigenvalue weighted by Crippen LogP contribution is -2.46. The van der Waals surface area contributed by atoms with Crippen LogP contribution in [0.4, 0.5) is 4.39 Å². The van der Waals surface area contributed by atoms with Gasteiger partial charge in [0.15, 0.2) is 5.60 Å². The summed E-state index contributed by atoms with van der Waals surface area (Å²) in [6, 6.07) is 3.18. The van der Waals surface area contributed by atoms with E-state index in [-0.39, 0.29) is 10.6 Å². The first-order valence-electron chi connectivity index (χ1n) is 4.93. The number of benzene rings is 1. The van der Waals surface area contributed by atoms with E-state index in [1.165, 1.54) is 6.07 Å². The lowest BCUT2D eigenvalue weighted by Gasteiger charge is -2.18. The number of nitrogens with one attached hydrogen (secondary N) is 1. The highest BCUT2D eigenvalue weighted by molar-refractivity contribution is 6.33. The van der Waals surface area contributed by atoms with Crippen molar-refractivity contribution in [2.75, 3.05) is 6.54 Å². The molecule has 0 aliphatic heterocycles. The molecule has 5 nitrogen and oxygen atoms in total. The van der Waals surface area contributed by atoms with Gasteiger partial charge in [-0.2, -0.15) is 0 Å². The van der Waals surface area contributed by atoms with Gasteiger partial charge in [0.1, 0.15) is 5.82 Å². The van der Waals surface area contributed by atoms with Crippen molar-refractivity contribution in [3.8, 4) is 0 Å². The monoisotopic (exact) mass is 275 g/mol. The summed E-state index contributed by atoms with van der Waals surface area (Å²) in [6.45, 7) is 0.552. The van der Waals surface area contributed by atoms with Crippen molar-refractivity contribution in [2.24, 2.45) is 0 Å². The largest absolute Gasteiger partial charge is 0.479 e. The molecule has 0 fully saturated rings. The van der Waals surface area contributed by atoms with Gasteiger partial charge in [0.05, 0.1) is 17.1 Å². The topological polar surface area (TPSA) is 86.6 Å². The second kappa shape index (κ2) is 5.32. The van der Waals surface area contributed by atoms with Crippen LogP contribution in [0.3, 0.4) is 0 Å². The van der Waals surface area contributed by atoms with Crippen LogP contribution in [0.1, 0.15) is 17.3 Å². The molecule has 0 aromatic heterocycles. The van der Waals surface area contributed by atoms with E-state index in [1.54, 1.807) is 0 Å². The average molecular weight is 276 g/mol. The number of carboxylic acids is 1. The van der Waals surface area contributed by atoms with Crippen molar-refractivity contribution in [1.82, 2.24) is 5.32 Å². The number of hydrogen-bond acceptors (Lipinski definition) is 3. The molecule has 1 unspecified atom stereocenters. The van der Waals surface area contributed by atoms with Crippen molar-refractivity contribution >= 4 is 23.5 Å². The van der Waals surface area contributed by atoms with Gasteiger partial charge >= 0.3 is 5.97 Å². The zero-order chi connectivity index (χ0) is 13.9. The zero-order valence-corrected chi connectivity index (χ0v) is 10.2. The summed E-state index contributed by atoms with van der Waals surface area (Å²) in [6.07, 6.45) is 0. The first-order valence-corrected chi connectivity index (χ1v) is 5.31. The second-order valence-corrected chi connectivity index (χ2v) is 4.29. The van der Waals surface area contributed by atoms with Crippen LogP contribution in [-0.4, -0.2) is 34.2 Å². The van der Waals surface area contributed by atoms with Crippen LogP contribution >= 0.6 is 11.6 Å². The van der Waals surface area contributed by atoms with Gasteiger partial charge in [-0.05, 0) is 25.1 Å². The standard InChI is InChI=1S/C11H11ClFNO4/c1-11(18,10(16)17)5-14-9(15)7-3-2-6(13)4-8(7)12/h2-4,18H,5H2,1H3,(H,14,15)(H,16,17). The summed E-state index contributed by atoms with van der Waals surface area (Å²) in [5.74, 6) is -2.75. The Labute approximate surface area is 107 Å². The van der Waals surface area contributed by atoms with Gasteiger partial charge in [0, 0.05) is 0 Å². The summed E-state index contributed by atoms with van der Waals surface area (Å²) in [4.78, 5) is 22.2. The van der Waals surface area contributed by atoms with Crippen LogP contribution in [0.5, 0.6) is 0 Å². The van der Waals surface area contributed by atoms with E-state index in [0.717, 1.165) is 19.1 Å². The van der Waals surface area contributed by atoms with Gasteiger partial charge in [-0.3, -0.25) is 4.79 Å². The van der Waals surface area contributed by atoms with Gasteiger partial charge in [-0.15, -0.1) is 0 Å². The Kier molecular flexibility index (Phi) is 4.26. The minimum absolute atomic E-state index is 0.000689. The van der Waals surface area contributed by atoms with E-state index in [2.05, 4.69) is 5.32 Å². The molecular weight excluding hydrogens is 265 g/mol. The Balaban J connectivity index is 2.75. The van der Waals surface area contributed by atoms with E-state index in [0.29, 0.717) is 0 Å². The molecule has 1 atom stereocenters. The van der Waals surface area contributed by atoms with Crippen LogP contribution in [-0.2, 0) is 4.79 Å². The second-order valence-electron chi connectivity index (χ2n) is 3.89. The van der Waals surface area contributed by atoms with Crippen molar-refractivity contribution in [2.45, 2.75) is 12.5 Å². The van der Waals surface area contributed by atoms with Gasteiger partial charge in [-0.1, -0.05) is 11.6 Å². The van der Waals surface area contributed by atoms with Gasteiger partial charge in [0.2, 0.25) is 0 Å². The molecule has 98 valence electrons. The van der Waals surface area contributed by atoms with Crippen LogP contribution in [0.15, 0.2) is 18.2 Å². The molecule has 18 heavy (non-hydrogen) atoms. The van der Waals surface area contributed by atoms with E-state index in [9.17, 15) is 19.1 Å². The first-order chi connectivity index (χ1) is 8.24. The van der Waals surface area contributed by atoms with Gasteiger partial charge in [0.25, 0.3) is 5.91 Å². The molecule has 3 N–H and O–H groups in total. The first kappa shape index (κ1) is 14.4. The molecule has 0 radical (unpaired) electrons. The predicted octanol–water partition coefficient (Wildman–Crippen LogP) is 1.04. The predicted molar refractivity (Wildman–Crippen MR) is 62.0 cm³/mol. The fourth-order valence-corrected chi connectivity index (χ4v) is 1.35. The molecule has 0 aliphatic carbocycles. The van der Waals surface area contributed by atoms with Crippen LogP contribution in [0.2, 0.25) is 5.02 Å². The molecule has 1 aromatic rings. The molecule has 0 saturated heterocycles. The third-order valence-corrected chi connectivity index (χ3v) is 2.54. The van der Waals surface area contributed by atoms with Gasteiger partial charge < -0.3 is 15.5 Å². The molecule has 0 heterocycles. The maximum absolute atomic E-state index is 12.8. The van der Waals surface area contributed by atoms with Crippen LogP contribution < -0.4 is 5.32 Å². The molecule has 0 saturated carbocycles. The Morgan fingerprint density at radius 1 is 1.50 bits per heavy atom. The molecule has 1 amide bonds. The molecule has 7 heteroatoms. The summed E-state index contributed by atoms with van der Waals surface area (Å²) in [7, 11) is 0. The molecular formula is C11H11ClFNO4. The van der Waals surface area contributed by atoms with Crippen molar-refractivity contribution in [3.05, 3.63) is 34.6 Å². The smallest absolute Gasteiger partial charge is 0.337 e. The number of rotatable bonds is 4. The minimum atomic E-state index is -2.08. The number of hydrogen-bond donors (Lipinski definition) is 3. The van der Waals surface area contributed by atoms with Crippen LogP contribution in [0, 0.1) is 5.82 Å². The van der Waals surface area contributed by atoms with Crippen molar-refractivity contribution in [1.29, 1.82) is 0 Å². The molecule has 1 rings (SSSR count). The number of halogens is 2. The number of carbonyl (C=O) groups excluding carboxylic acids is 1. The Morgan fingerprint density at radius 3 is 2.61 bits per heavy atom. The highest BCUT2D eigenvalue weighted by Gasteiger charge is 2.30. The Bertz CT molecular complexity index is 490. The van der Waals surface area contributed by atoms with Crippen LogP contribution in [0.25, 0.3) is 0 Å². The Morgan fingerprint density at radius 2 is 2.11 bits per heavy atom. The Hall–Kier alpha value is -1.66. The minimum Gasteiger partial charge on any atom is -0.479 e. The SMILES string of the molecule is CC(O)(CNC(=O)c1ccc(F)cc1Cl)C(=O)O. The number of aliphatic carboxylic acids is 1. The highest BCUT2D eigenvalue weighted by atomic mass is 35.5. The fraction of sp³-hybridized carbons (Fsp3) is 0.273. The van der Waals surface area contributed by atoms with E-state index in [4.69, 9.17) is 16.7 Å². The lowest BCUT2D eigenvalue weighted by molar-refractivity contribution is -0.155. The molecule has 0 aliphatic rings. The summed E-state index contributed by atoms with van der Waals surface area (Å²) in [5.41, 5.74) is -2.08. The normalized spacial score (nSPS) is 13.8. The summed E-state index contributed by atoms with van der Waals surface area (Å²) in [5, 5.41) is 20.1. The number of carbonyl (C=O) groups is 2.